The molecular formula is C14H16N2S. The average molecular weight is 244 g/mol. The van der Waals surface area contributed by atoms with Crippen LogP contribution in [0.15, 0.2) is 36.0 Å². The van der Waals surface area contributed by atoms with Gasteiger partial charge in [-0.3, -0.25) is 4.98 Å². The molecule has 2 rings (SSSR count). The second-order valence-electron chi connectivity index (χ2n) is 4.16. The molecule has 2 aromatic rings. The average Bonchev–Trinajstić information content (AvgIpc) is 2.91. The molecule has 2 heterocycles. The fourth-order valence-electron chi connectivity index (χ4n) is 1.65. The SMILES string of the molecule is CCC(C)C(=N)c1cncc(-c2cccs2)c1. The van der Waals surface area contributed by atoms with E-state index in [0.717, 1.165) is 17.5 Å². The summed E-state index contributed by atoms with van der Waals surface area (Å²) in [7, 11) is 0. The molecule has 3 heteroatoms. The van der Waals surface area contributed by atoms with E-state index in [1.165, 1.54) is 4.88 Å². The Bertz CT molecular complexity index is 503. The molecule has 0 aliphatic rings. The van der Waals surface area contributed by atoms with Gasteiger partial charge in [-0.25, -0.2) is 0 Å². The summed E-state index contributed by atoms with van der Waals surface area (Å²) in [4.78, 5) is 5.45. The quantitative estimate of drug-likeness (QED) is 0.803. The van der Waals surface area contributed by atoms with Crippen LogP contribution in [-0.4, -0.2) is 10.7 Å². The summed E-state index contributed by atoms with van der Waals surface area (Å²) in [5.41, 5.74) is 2.72. The van der Waals surface area contributed by atoms with Crippen LogP contribution in [0, 0.1) is 11.3 Å². The fourth-order valence-corrected chi connectivity index (χ4v) is 2.36. The Morgan fingerprint density at radius 3 is 2.94 bits per heavy atom. The Hall–Kier alpha value is -1.48. The fraction of sp³-hybridized carbons (Fsp3) is 0.286. The molecule has 0 saturated heterocycles. The van der Waals surface area contributed by atoms with Crippen LogP contribution in [0.3, 0.4) is 0 Å². The molecule has 2 nitrogen and oxygen atoms in total. The molecular weight excluding hydrogens is 228 g/mol. The van der Waals surface area contributed by atoms with Gasteiger partial charge in [0.05, 0.1) is 0 Å². The predicted molar refractivity (Wildman–Crippen MR) is 73.8 cm³/mol. The lowest BCUT2D eigenvalue weighted by Crippen LogP contribution is -2.10. The molecule has 1 atom stereocenters. The smallest absolute Gasteiger partial charge is 0.0429 e. The lowest BCUT2D eigenvalue weighted by atomic mass is 9.96. The number of hydrogen-bond donors (Lipinski definition) is 1. The third-order valence-corrected chi connectivity index (χ3v) is 3.88. The van der Waals surface area contributed by atoms with E-state index in [1.807, 2.05) is 12.3 Å². The van der Waals surface area contributed by atoms with Gasteiger partial charge in [0.2, 0.25) is 0 Å². The highest BCUT2D eigenvalue weighted by Gasteiger charge is 2.10. The van der Waals surface area contributed by atoms with Crippen molar-refractivity contribution < 1.29 is 0 Å². The maximum Gasteiger partial charge on any atom is 0.0429 e. The minimum absolute atomic E-state index is 0.287. The van der Waals surface area contributed by atoms with Gasteiger partial charge >= 0.3 is 0 Å². The van der Waals surface area contributed by atoms with E-state index in [9.17, 15) is 0 Å². The lowest BCUT2D eigenvalue weighted by Gasteiger charge is -2.11. The van der Waals surface area contributed by atoms with Crippen molar-refractivity contribution in [3.05, 3.63) is 41.5 Å². The second kappa shape index (κ2) is 5.23. The zero-order valence-corrected chi connectivity index (χ0v) is 10.9. The Balaban J connectivity index is 2.32. The Labute approximate surface area is 106 Å². The van der Waals surface area contributed by atoms with Crippen LogP contribution in [-0.2, 0) is 0 Å². The molecule has 0 fully saturated rings. The van der Waals surface area contributed by atoms with Crippen molar-refractivity contribution in [3.8, 4) is 10.4 Å². The highest BCUT2D eigenvalue weighted by molar-refractivity contribution is 7.13. The number of nitrogens with one attached hydrogen (secondary N) is 1. The van der Waals surface area contributed by atoms with E-state index in [2.05, 4.69) is 36.3 Å². The molecule has 0 radical (unpaired) electrons. The second-order valence-corrected chi connectivity index (χ2v) is 5.11. The number of nitrogens with zero attached hydrogens (tertiary/aromatic N) is 1. The Morgan fingerprint density at radius 2 is 2.29 bits per heavy atom. The van der Waals surface area contributed by atoms with Crippen molar-refractivity contribution in [2.75, 3.05) is 0 Å². The summed E-state index contributed by atoms with van der Waals surface area (Å²) >= 11 is 1.70. The molecule has 0 spiro atoms. The van der Waals surface area contributed by atoms with E-state index in [0.29, 0.717) is 5.71 Å². The first kappa shape index (κ1) is 12.0. The van der Waals surface area contributed by atoms with Crippen LogP contribution in [0.1, 0.15) is 25.8 Å². The number of hydrogen-bond acceptors (Lipinski definition) is 3. The molecule has 0 aliphatic heterocycles. The lowest BCUT2D eigenvalue weighted by molar-refractivity contribution is 0.736. The first-order valence-electron chi connectivity index (χ1n) is 5.80. The number of rotatable bonds is 4. The van der Waals surface area contributed by atoms with Crippen molar-refractivity contribution in [1.29, 1.82) is 5.41 Å². The van der Waals surface area contributed by atoms with Crippen molar-refractivity contribution in [2.24, 2.45) is 5.92 Å². The normalized spacial score (nSPS) is 12.4. The van der Waals surface area contributed by atoms with Gasteiger partial charge in [-0.15, -0.1) is 11.3 Å². The van der Waals surface area contributed by atoms with Gasteiger partial charge in [0.1, 0.15) is 0 Å². The summed E-state index contributed by atoms with van der Waals surface area (Å²) in [6.45, 7) is 4.19. The summed E-state index contributed by atoms with van der Waals surface area (Å²) in [5.74, 6) is 0.287. The Kier molecular flexibility index (Phi) is 3.69. The van der Waals surface area contributed by atoms with Gasteiger partial charge in [-0.2, -0.15) is 0 Å². The Morgan fingerprint density at radius 1 is 1.47 bits per heavy atom. The van der Waals surface area contributed by atoms with E-state index in [4.69, 9.17) is 5.41 Å². The minimum atomic E-state index is 0.287. The molecule has 0 saturated carbocycles. The largest absolute Gasteiger partial charge is 0.304 e. The van der Waals surface area contributed by atoms with Crippen LogP contribution in [0.25, 0.3) is 10.4 Å². The summed E-state index contributed by atoms with van der Waals surface area (Å²) < 4.78 is 0. The van der Waals surface area contributed by atoms with Gasteiger partial charge in [0.15, 0.2) is 0 Å². The van der Waals surface area contributed by atoms with Crippen LogP contribution < -0.4 is 0 Å². The number of pyridine rings is 1. The summed E-state index contributed by atoms with van der Waals surface area (Å²) in [6, 6.07) is 6.18. The van der Waals surface area contributed by atoms with Crippen molar-refractivity contribution in [1.82, 2.24) is 4.98 Å². The molecule has 17 heavy (non-hydrogen) atoms. The highest BCUT2D eigenvalue weighted by Crippen LogP contribution is 2.25. The van der Waals surface area contributed by atoms with Crippen LogP contribution >= 0.6 is 11.3 Å². The zero-order chi connectivity index (χ0) is 12.3. The standard InChI is InChI=1S/C14H16N2S/c1-3-10(2)14(15)12-7-11(8-16-9-12)13-5-4-6-17-13/h4-10,15H,3H2,1-2H3. The third-order valence-electron chi connectivity index (χ3n) is 2.96. The molecule has 0 aliphatic carbocycles. The molecule has 2 aromatic heterocycles. The molecule has 88 valence electrons. The molecule has 0 amide bonds. The summed E-state index contributed by atoms with van der Waals surface area (Å²) in [5, 5.41) is 10.2. The zero-order valence-electron chi connectivity index (χ0n) is 10.1. The van der Waals surface area contributed by atoms with Gasteiger partial charge in [0.25, 0.3) is 0 Å². The highest BCUT2D eigenvalue weighted by atomic mass is 32.1. The van der Waals surface area contributed by atoms with Crippen LogP contribution in [0.2, 0.25) is 0 Å². The van der Waals surface area contributed by atoms with E-state index in [-0.39, 0.29) is 5.92 Å². The van der Waals surface area contributed by atoms with Crippen molar-refractivity contribution >= 4 is 17.0 Å². The predicted octanol–water partition coefficient (Wildman–Crippen LogP) is 4.22. The molecule has 0 aromatic carbocycles. The maximum atomic E-state index is 8.12. The first-order chi connectivity index (χ1) is 8.22. The van der Waals surface area contributed by atoms with Gasteiger partial charge in [-0.1, -0.05) is 19.9 Å². The first-order valence-corrected chi connectivity index (χ1v) is 6.68. The van der Waals surface area contributed by atoms with Crippen molar-refractivity contribution in [2.45, 2.75) is 20.3 Å². The summed E-state index contributed by atoms with van der Waals surface area (Å²) in [6.07, 6.45) is 4.63. The van der Waals surface area contributed by atoms with E-state index >= 15 is 0 Å². The van der Waals surface area contributed by atoms with Crippen molar-refractivity contribution in [3.63, 3.8) is 0 Å². The van der Waals surface area contributed by atoms with Gasteiger partial charge in [0, 0.05) is 34.1 Å². The van der Waals surface area contributed by atoms with Crippen LogP contribution in [0.4, 0.5) is 0 Å². The third kappa shape index (κ3) is 2.61. The van der Waals surface area contributed by atoms with Gasteiger partial charge < -0.3 is 5.41 Å². The molecule has 0 bridgehead atoms. The monoisotopic (exact) mass is 244 g/mol. The molecule has 1 N–H and O–H groups in total. The van der Waals surface area contributed by atoms with E-state index < -0.39 is 0 Å². The topological polar surface area (TPSA) is 36.7 Å². The molecule has 1 unspecified atom stereocenters. The minimum Gasteiger partial charge on any atom is -0.304 e. The number of aromatic nitrogens is 1. The van der Waals surface area contributed by atoms with Gasteiger partial charge in [-0.05, 0) is 29.9 Å². The maximum absolute atomic E-state index is 8.12. The number of thiophene rings is 1. The van der Waals surface area contributed by atoms with Crippen LogP contribution in [0.5, 0.6) is 0 Å². The van der Waals surface area contributed by atoms with E-state index in [1.54, 1.807) is 17.5 Å².